The zero-order valence-electron chi connectivity index (χ0n) is 11.4. The van der Waals surface area contributed by atoms with Gasteiger partial charge in [0.2, 0.25) is 10.0 Å². The fourth-order valence-corrected chi connectivity index (χ4v) is 2.65. The van der Waals surface area contributed by atoms with Crippen LogP contribution in [0.15, 0.2) is 41.6 Å². The summed E-state index contributed by atoms with van der Waals surface area (Å²) >= 11 is 0. The Kier molecular flexibility index (Phi) is 4.75. The molecule has 0 saturated carbocycles. The Bertz CT molecular complexity index is 768. The largest absolute Gasteiger partial charge is 0.384 e. The van der Waals surface area contributed by atoms with E-state index in [9.17, 15) is 8.42 Å². The standard InChI is InChI=1S/C14H15N3O3S/c1-17-9-8-15-14(17)11-16-21(19,20)13-6-4-12(5-7-13)3-2-10-18/h4-9,16,18H,10-11H2,1H3. The van der Waals surface area contributed by atoms with Gasteiger partial charge >= 0.3 is 0 Å². The van der Waals surface area contributed by atoms with Gasteiger partial charge < -0.3 is 9.67 Å². The molecule has 0 fully saturated rings. The van der Waals surface area contributed by atoms with Crippen LogP contribution in [0.1, 0.15) is 11.4 Å². The van der Waals surface area contributed by atoms with Gasteiger partial charge in [0.05, 0.1) is 11.4 Å². The topological polar surface area (TPSA) is 84.2 Å². The van der Waals surface area contributed by atoms with Crippen LogP contribution in [0, 0.1) is 11.8 Å². The maximum Gasteiger partial charge on any atom is 0.240 e. The number of nitrogens with zero attached hydrogens (tertiary/aromatic N) is 2. The van der Waals surface area contributed by atoms with Crippen molar-refractivity contribution in [1.82, 2.24) is 14.3 Å². The number of sulfonamides is 1. The van der Waals surface area contributed by atoms with Crippen molar-refractivity contribution in [2.45, 2.75) is 11.4 Å². The normalized spacial score (nSPS) is 11.0. The highest BCUT2D eigenvalue weighted by Gasteiger charge is 2.14. The summed E-state index contributed by atoms with van der Waals surface area (Å²) in [6, 6.07) is 6.14. The van der Waals surface area contributed by atoms with E-state index >= 15 is 0 Å². The maximum atomic E-state index is 12.1. The minimum atomic E-state index is -3.59. The highest BCUT2D eigenvalue weighted by Crippen LogP contribution is 2.10. The van der Waals surface area contributed by atoms with Crippen LogP contribution in [0.4, 0.5) is 0 Å². The molecule has 1 aromatic heterocycles. The zero-order chi connectivity index (χ0) is 15.3. The van der Waals surface area contributed by atoms with Gasteiger partial charge in [-0.05, 0) is 24.3 Å². The number of rotatable bonds is 4. The lowest BCUT2D eigenvalue weighted by Crippen LogP contribution is -2.24. The third-order valence-corrected chi connectivity index (χ3v) is 4.23. The summed E-state index contributed by atoms with van der Waals surface area (Å²) in [4.78, 5) is 4.21. The molecule has 21 heavy (non-hydrogen) atoms. The van der Waals surface area contributed by atoms with E-state index in [1.54, 1.807) is 36.1 Å². The van der Waals surface area contributed by atoms with Crippen molar-refractivity contribution >= 4 is 10.0 Å². The van der Waals surface area contributed by atoms with E-state index in [1.807, 2.05) is 0 Å². The number of imidazole rings is 1. The first-order valence-corrected chi connectivity index (χ1v) is 7.67. The number of hydrogen-bond acceptors (Lipinski definition) is 4. The molecule has 2 rings (SSSR count). The van der Waals surface area contributed by atoms with Crippen LogP contribution in [-0.2, 0) is 23.6 Å². The number of aliphatic hydroxyl groups is 1. The van der Waals surface area contributed by atoms with Crippen molar-refractivity contribution in [3.05, 3.63) is 48.0 Å². The van der Waals surface area contributed by atoms with Gasteiger partial charge in [-0.25, -0.2) is 18.1 Å². The molecular formula is C14H15N3O3S. The lowest BCUT2D eigenvalue weighted by atomic mass is 10.2. The molecule has 0 saturated heterocycles. The van der Waals surface area contributed by atoms with Gasteiger partial charge in [0.15, 0.2) is 0 Å². The van der Waals surface area contributed by atoms with E-state index in [4.69, 9.17) is 5.11 Å². The van der Waals surface area contributed by atoms with E-state index < -0.39 is 10.0 Å². The van der Waals surface area contributed by atoms with Crippen molar-refractivity contribution in [2.75, 3.05) is 6.61 Å². The van der Waals surface area contributed by atoms with Crippen LogP contribution in [0.5, 0.6) is 0 Å². The highest BCUT2D eigenvalue weighted by atomic mass is 32.2. The first kappa shape index (κ1) is 15.3. The third kappa shape index (κ3) is 3.92. The average Bonchev–Trinajstić information content (AvgIpc) is 2.89. The molecule has 1 heterocycles. The minimum Gasteiger partial charge on any atom is -0.384 e. The lowest BCUT2D eigenvalue weighted by molar-refractivity contribution is 0.350. The molecule has 2 aromatic rings. The second-order valence-corrected chi connectivity index (χ2v) is 6.03. The monoisotopic (exact) mass is 305 g/mol. The molecule has 6 nitrogen and oxygen atoms in total. The Morgan fingerprint density at radius 2 is 2.05 bits per heavy atom. The SMILES string of the molecule is Cn1ccnc1CNS(=O)(=O)c1ccc(C#CCO)cc1. The summed E-state index contributed by atoms with van der Waals surface area (Å²) in [5.74, 6) is 5.84. The number of aliphatic hydroxyl groups excluding tert-OH is 1. The smallest absolute Gasteiger partial charge is 0.240 e. The molecule has 110 valence electrons. The van der Waals surface area contributed by atoms with Crippen LogP contribution in [0.2, 0.25) is 0 Å². The molecule has 7 heteroatoms. The molecule has 0 amide bonds. The first-order chi connectivity index (χ1) is 10.0. The number of benzene rings is 1. The van der Waals surface area contributed by atoms with Gasteiger partial charge in [-0.15, -0.1) is 0 Å². The Labute approximate surface area is 123 Å². The van der Waals surface area contributed by atoms with Crippen LogP contribution < -0.4 is 4.72 Å². The van der Waals surface area contributed by atoms with Crippen LogP contribution in [0.3, 0.4) is 0 Å². The summed E-state index contributed by atoms with van der Waals surface area (Å²) in [5.41, 5.74) is 0.645. The molecule has 0 spiro atoms. The number of hydrogen-bond donors (Lipinski definition) is 2. The number of aryl methyl sites for hydroxylation is 1. The summed E-state index contributed by atoms with van der Waals surface area (Å²) in [6.07, 6.45) is 3.36. The fourth-order valence-electron chi connectivity index (χ4n) is 1.67. The predicted octanol–water partition coefficient (Wildman–Crippen LogP) is 0.242. The summed E-state index contributed by atoms with van der Waals surface area (Å²) in [7, 11) is -1.79. The van der Waals surface area contributed by atoms with Crippen LogP contribution in [0.25, 0.3) is 0 Å². The Morgan fingerprint density at radius 3 is 2.62 bits per heavy atom. The molecular weight excluding hydrogens is 290 g/mol. The second-order valence-electron chi connectivity index (χ2n) is 4.26. The van der Waals surface area contributed by atoms with Crippen molar-refractivity contribution in [2.24, 2.45) is 7.05 Å². The van der Waals surface area contributed by atoms with E-state index in [1.165, 1.54) is 12.1 Å². The third-order valence-electron chi connectivity index (χ3n) is 2.82. The van der Waals surface area contributed by atoms with Crippen LogP contribution in [-0.4, -0.2) is 29.7 Å². The van der Waals surface area contributed by atoms with Crippen molar-refractivity contribution in [3.8, 4) is 11.8 Å². The van der Waals surface area contributed by atoms with Gasteiger partial charge in [-0.3, -0.25) is 0 Å². The zero-order valence-corrected chi connectivity index (χ0v) is 12.3. The average molecular weight is 305 g/mol. The van der Waals surface area contributed by atoms with Gasteiger partial charge in [-0.2, -0.15) is 0 Å². The Morgan fingerprint density at radius 1 is 1.33 bits per heavy atom. The van der Waals surface area contributed by atoms with Crippen LogP contribution >= 0.6 is 0 Å². The molecule has 0 bridgehead atoms. The Balaban J connectivity index is 2.10. The van der Waals surface area contributed by atoms with Crippen molar-refractivity contribution in [1.29, 1.82) is 0 Å². The molecule has 1 aromatic carbocycles. The summed E-state index contributed by atoms with van der Waals surface area (Å²) in [5, 5.41) is 8.61. The second kappa shape index (κ2) is 6.54. The van der Waals surface area contributed by atoms with E-state index in [-0.39, 0.29) is 18.0 Å². The Hall–Kier alpha value is -2.14. The maximum absolute atomic E-state index is 12.1. The molecule has 0 aliphatic carbocycles. The van der Waals surface area contributed by atoms with Crippen molar-refractivity contribution < 1.29 is 13.5 Å². The quantitative estimate of drug-likeness (QED) is 0.793. The van der Waals surface area contributed by atoms with Gasteiger partial charge in [0.25, 0.3) is 0 Å². The fraction of sp³-hybridized carbons (Fsp3) is 0.214. The summed E-state index contributed by atoms with van der Waals surface area (Å²) in [6.45, 7) is -0.108. The van der Waals surface area contributed by atoms with E-state index in [2.05, 4.69) is 21.5 Å². The molecule has 2 N–H and O–H groups in total. The van der Waals surface area contributed by atoms with E-state index in [0.29, 0.717) is 11.4 Å². The van der Waals surface area contributed by atoms with E-state index in [0.717, 1.165) is 0 Å². The molecule has 0 unspecified atom stereocenters. The molecule has 0 aliphatic heterocycles. The molecule has 0 atom stereocenters. The molecule has 0 aliphatic rings. The highest BCUT2D eigenvalue weighted by molar-refractivity contribution is 7.89. The van der Waals surface area contributed by atoms with Gasteiger partial charge in [-0.1, -0.05) is 11.8 Å². The number of nitrogens with one attached hydrogen (secondary N) is 1. The van der Waals surface area contributed by atoms with Gasteiger partial charge in [0, 0.05) is 25.0 Å². The lowest BCUT2D eigenvalue weighted by Gasteiger charge is -2.07. The molecule has 0 radical (unpaired) electrons. The van der Waals surface area contributed by atoms with Gasteiger partial charge in [0.1, 0.15) is 12.4 Å². The first-order valence-electron chi connectivity index (χ1n) is 6.18. The number of aromatic nitrogens is 2. The van der Waals surface area contributed by atoms with Crippen molar-refractivity contribution in [3.63, 3.8) is 0 Å². The minimum absolute atomic E-state index is 0.123. The predicted molar refractivity (Wildman–Crippen MR) is 77.6 cm³/mol. The summed E-state index contributed by atoms with van der Waals surface area (Å²) < 4.78 is 28.5.